The van der Waals surface area contributed by atoms with Crippen LogP contribution in [0.5, 0.6) is 0 Å². The van der Waals surface area contributed by atoms with Crippen LogP contribution in [0.2, 0.25) is 0 Å². The first-order chi connectivity index (χ1) is 7.09. The van der Waals surface area contributed by atoms with Crippen molar-refractivity contribution in [3.05, 3.63) is 11.6 Å². The highest BCUT2D eigenvalue weighted by Gasteiger charge is 2.38. The molecule has 0 nitrogen and oxygen atoms in total. The monoisotopic (exact) mass is 206 g/mol. The van der Waals surface area contributed by atoms with Crippen molar-refractivity contribution in [1.29, 1.82) is 0 Å². The number of hydrogen-bond donors (Lipinski definition) is 0. The quantitative estimate of drug-likeness (QED) is 0.547. The predicted octanol–water partition coefficient (Wildman–Crippen LogP) is 4.66. The molecule has 2 rings (SSSR count). The third-order valence-corrected chi connectivity index (χ3v) is 4.88. The second-order valence-corrected chi connectivity index (χ2v) is 6.26. The highest BCUT2D eigenvalue weighted by atomic mass is 14.4. The van der Waals surface area contributed by atoms with Crippen LogP contribution < -0.4 is 0 Å². The smallest absolute Gasteiger partial charge is 0.0169 e. The summed E-state index contributed by atoms with van der Waals surface area (Å²) in [5, 5.41) is 0. The standard InChI is InChI=1S/C15H26/c1-10(2)13-8-6-12(4)14-7-5-11(3)9-15(13)14/h9-10,12-15H,5-8H2,1-4H3/t12-,13+,14-,15+/m1/s1. The SMILES string of the molecule is CC1=C[C@@H]2[C@H](CC1)[C@H](C)CC[C@H]2C(C)C. The fraction of sp³-hybridized carbons (Fsp3) is 0.867. The number of allylic oxidation sites excluding steroid dienone is 2. The van der Waals surface area contributed by atoms with Crippen molar-refractivity contribution in [2.45, 2.75) is 53.4 Å². The molecule has 0 heteroatoms. The maximum Gasteiger partial charge on any atom is -0.0169 e. The first-order valence-corrected chi connectivity index (χ1v) is 6.77. The average Bonchev–Trinajstić information content (AvgIpc) is 2.17. The van der Waals surface area contributed by atoms with Gasteiger partial charge < -0.3 is 0 Å². The molecule has 0 amide bonds. The van der Waals surface area contributed by atoms with E-state index in [9.17, 15) is 0 Å². The molecule has 0 radical (unpaired) electrons. The Labute approximate surface area is 95.1 Å². The summed E-state index contributed by atoms with van der Waals surface area (Å²) in [7, 11) is 0. The van der Waals surface area contributed by atoms with E-state index in [1.54, 1.807) is 5.57 Å². The molecule has 2 aliphatic rings. The zero-order valence-corrected chi connectivity index (χ0v) is 10.8. The van der Waals surface area contributed by atoms with E-state index in [1.807, 2.05) is 0 Å². The van der Waals surface area contributed by atoms with Crippen LogP contribution in [0.15, 0.2) is 11.6 Å². The van der Waals surface area contributed by atoms with Gasteiger partial charge in [0, 0.05) is 0 Å². The van der Waals surface area contributed by atoms with Crippen LogP contribution in [0.1, 0.15) is 53.4 Å². The Hall–Kier alpha value is -0.260. The topological polar surface area (TPSA) is 0 Å². The molecule has 0 unspecified atom stereocenters. The molecular weight excluding hydrogens is 180 g/mol. The minimum atomic E-state index is 0.868. The van der Waals surface area contributed by atoms with Gasteiger partial charge in [-0.3, -0.25) is 0 Å². The van der Waals surface area contributed by atoms with Gasteiger partial charge in [-0.2, -0.15) is 0 Å². The summed E-state index contributed by atoms with van der Waals surface area (Å²) in [6, 6.07) is 0. The van der Waals surface area contributed by atoms with Gasteiger partial charge in [-0.25, -0.2) is 0 Å². The van der Waals surface area contributed by atoms with Crippen LogP contribution in [-0.2, 0) is 0 Å². The molecule has 0 aromatic heterocycles. The first kappa shape index (κ1) is 11.2. The van der Waals surface area contributed by atoms with Crippen molar-refractivity contribution in [3.8, 4) is 0 Å². The van der Waals surface area contributed by atoms with Gasteiger partial charge in [0.1, 0.15) is 0 Å². The second-order valence-electron chi connectivity index (χ2n) is 6.26. The number of hydrogen-bond acceptors (Lipinski definition) is 0. The lowest BCUT2D eigenvalue weighted by atomic mass is 9.60. The lowest BCUT2D eigenvalue weighted by Crippen LogP contribution is -2.36. The Bertz CT molecular complexity index is 249. The summed E-state index contributed by atoms with van der Waals surface area (Å²) >= 11 is 0. The van der Waals surface area contributed by atoms with E-state index in [0.717, 1.165) is 29.6 Å². The van der Waals surface area contributed by atoms with Gasteiger partial charge in [-0.05, 0) is 55.8 Å². The maximum atomic E-state index is 2.62. The van der Waals surface area contributed by atoms with Gasteiger partial charge in [-0.1, -0.05) is 38.8 Å². The van der Waals surface area contributed by atoms with E-state index < -0.39 is 0 Å². The molecule has 86 valence electrons. The van der Waals surface area contributed by atoms with E-state index in [4.69, 9.17) is 0 Å². The molecular formula is C15H26. The second kappa shape index (κ2) is 4.31. The Morgan fingerprint density at radius 1 is 1.20 bits per heavy atom. The Morgan fingerprint density at radius 2 is 1.93 bits per heavy atom. The molecule has 0 aromatic rings. The fourth-order valence-electron chi connectivity index (χ4n) is 3.87. The zero-order valence-electron chi connectivity index (χ0n) is 10.8. The fourth-order valence-corrected chi connectivity index (χ4v) is 3.87. The summed E-state index contributed by atoms with van der Waals surface area (Å²) in [5.41, 5.74) is 1.65. The molecule has 1 fully saturated rings. The first-order valence-electron chi connectivity index (χ1n) is 6.77. The third-order valence-electron chi connectivity index (χ3n) is 4.88. The van der Waals surface area contributed by atoms with Crippen LogP contribution in [0.25, 0.3) is 0 Å². The van der Waals surface area contributed by atoms with E-state index in [0.29, 0.717) is 0 Å². The number of rotatable bonds is 1. The molecule has 0 saturated heterocycles. The van der Waals surface area contributed by atoms with Crippen LogP contribution >= 0.6 is 0 Å². The largest absolute Gasteiger partial charge is 0.0819 e. The Morgan fingerprint density at radius 3 is 2.60 bits per heavy atom. The lowest BCUT2D eigenvalue weighted by molar-refractivity contribution is 0.0882. The maximum absolute atomic E-state index is 2.62. The van der Waals surface area contributed by atoms with Crippen molar-refractivity contribution in [1.82, 2.24) is 0 Å². The summed E-state index contributed by atoms with van der Waals surface area (Å²) < 4.78 is 0. The predicted molar refractivity (Wildman–Crippen MR) is 66.7 cm³/mol. The van der Waals surface area contributed by atoms with E-state index >= 15 is 0 Å². The average molecular weight is 206 g/mol. The highest BCUT2D eigenvalue weighted by molar-refractivity contribution is 5.10. The highest BCUT2D eigenvalue weighted by Crippen LogP contribution is 2.47. The molecule has 4 atom stereocenters. The van der Waals surface area contributed by atoms with Crippen LogP contribution in [0.4, 0.5) is 0 Å². The van der Waals surface area contributed by atoms with Crippen LogP contribution in [-0.4, -0.2) is 0 Å². The molecule has 0 heterocycles. The number of fused-ring (bicyclic) bond motifs is 1. The van der Waals surface area contributed by atoms with Crippen molar-refractivity contribution >= 4 is 0 Å². The van der Waals surface area contributed by atoms with Gasteiger partial charge >= 0.3 is 0 Å². The zero-order chi connectivity index (χ0) is 11.0. The Balaban J connectivity index is 2.20. The van der Waals surface area contributed by atoms with Gasteiger partial charge in [-0.15, -0.1) is 0 Å². The van der Waals surface area contributed by atoms with E-state index in [2.05, 4.69) is 33.8 Å². The molecule has 1 saturated carbocycles. The lowest BCUT2D eigenvalue weighted by Gasteiger charge is -2.45. The molecule has 0 aliphatic heterocycles. The van der Waals surface area contributed by atoms with Crippen molar-refractivity contribution < 1.29 is 0 Å². The van der Waals surface area contributed by atoms with Crippen LogP contribution in [0.3, 0.4) is 0 Å². The molecule has 0 spiro atoms. The van der Waals surface area contributed by atoms with E-state index in [-0.39, 0.29) is 0 Å². The minimum absolute atomic E-state index is 0.868. The van der Waals surface area contributed by atoms with Crippen molar-refractivity contribution in [2.24, 2.45) is 29.6 Å². The minimum Gasteiger partial charge on any atom is -0.0819 e. The van der Waals surface area contributed by atoms with Gasteiger partial charge in [0.25, 0.3) is 0 Å². The molecule has 0 bridgehead atoms. The molecule has 2 aliphatic carbocycles. The third kappa shape index (κ3) is 2.14. The van der Waals surface area contributed by atoms with Crippen LogP contribution in [0, 0.1) is 29.6 Å². The summed E-state index contributed by atoms with van der Waals surface area (Å²) in [6.45, 7) is 9.63. The summed E-state index contributed by atoms with van der Waals surface area (Å²) in [4.78, 5) is 0. The van der Waals surface area contributed by atoms with Gasteiger partial charge in [0.15, 0.2) is 0 Å². The normalized spacial score (nSPS) is 41.3. The van der Waals surface area contributed by atoms with Gasteiger partial charge in [0.2, 0.25) is 0 Å². The summed E-state index contributed by atoms with van der Waals surface area (Å²) in [5.74, 6) is 4.69. The summed E-state index contributed by atoms with van der Waals surface area (Å²) in [6.07, 6.45) is 8.36. The van der Waals surface area contributed by atoms with Gasteiger partial charge in [0.05, 0.1) is 0 Å². The van der Waals surface area contributed by atoms with Crippen molar-refractivity contribution in [2.75, 3.05) is 0 Å². The Kier molecular flexibility index (Phi) is 3.23. The molecule has 0 N–H and O–H groups in total. The molecule has 0 aromatic carbocycles. The molecule has 15 heavy (non-hydrogen) atoms. The van der Waals surface area contributed by atoms with E-state index in [1.165, 1.54) is 25.7 Å². The van der Waals surface area contributed by atoms with Crippen molar-refractivity contribution in [3.63, 3.8) is 0 Å².